The average molecular weight is 188 g/mol. The molecule has 0 unspecified atom stereocenters. The first-order chi connectivity index (χ1) is 2.00. The Kier molecular flexibility index (Phi) is 14.7. The van der Waals surface area contributed by atoms with Crippen LogP contribution in [-0.4, -0.2) is 64.4 Å². The molecule has 0 aliphatic carbocycles. The van der Waals surface area contributed by atoms with Crippen LogP contribution in [0.15, 0.2) is 0 Å². The zero-order chi connectivity index (χ0) is 4.50. The molecule has 1 N–H and O–H groups in total. The van der Waals surface area contributed by atoms with E-state index in [2.05, 4.69) is 11.7 Å². The molecule has 0 heterocycles. The van der Waals surface area contributed by atoms with E-state index in [-0.39, 0.29) is 64.9 Å². The van der Waals surface area contributed by atoms with Crippen LogP contribution in [0.5, 0.6) is 0 Å². The Morgan fingerprint density at radius 3 is 1.43 bits per heavy atom. The van der Waals surface area contributed by atoms with Crippen molar-refractivity contribution < 1.29 is 13.0 Å². The summed E-state index contributed by atoms with van der Waals surface area (Å²) in [5.41, 5.74) is 0. The molecule has 0 rings (SSSR count). The number of rotatable bonds is 0. The molecule has 0 aromatic carbocycles. The zero-order valence-electron chi connectivity index (χ0n) is 2.62. The van der Waals surface area contributed by atoms with Gasteiger partial charge in [0.1, 0.15) is 0 Å². The molecule has 0 amide bonds. The summed E-state index contributed by atoms with van der Waals surface area (Å²) < 4.78 is 25.5. The van der Waals surface area contributed by atoms with E-state index in [9.17, 15) is 0 Å². The van der Waals surface area contributed by atoms with Gasteiger partial charge in [-0.2, -0.15) is 21.9 Å². The van der Waals surface area contributed by atoms with Crippen LogP contribution in [0.25, 0.3) is 0 Å². The second-order valence-corrected chi connectivity index (χ2v) is 2.73. The van der Waals surface area contributed by atoms with Crippen molar-refractivity contribution in [1.82, 2.24) is 0 Å². The van der Waals surface area contributed by atoms with Gasteiger partial charge in [0.05, 0.1) is 0 Å². The number of hydrogen-bond donors (Lipinski definition) is 2. The van der Waals surface area contributed by atoms with E-state index in [1.54, 1.807) is 0 Å². The summed E-state index contributed by atoms with van der Waals surface area (Å²) in [6.45, 7) is 0. The molecular formula is H5KO3S3. The van der Waals surface area contributed by atoms with Crippen molar-refractivity contribution in [2.75, 3.05) is 0 Å². The third kappa shape index (κ3) is 63.8. The van der Waals surface area contributed by atoms with Gasteiger partial charge in [-0.3, -0.25) is 4.55 Å². The van der Waals surface area contributed by atoms with Crippen LogP contribution < -0.4 is 0 Å². The van der Waals surface area contributed by atoms with E-state index >= 15 is 0 Å². The second-order valence-electron chi connectivity index (χ2n) is 0.448. The molecule has 3 nitrogen and oxygen atoms in total. The fraction of sp³-hybridized carbons (Fsp3) is 0. The van der Waals surface area contributed by atoms with Gasteiger partial charge in [0.25, 0.3) is 0 Å². The molecule has 0 aliphatic rings. The van der Waals surface area contributed by atoms with Gasteiger partial charge in [-0.15, -0.1) is 0 Å². The van der Waals surface area contributed by atoms with Crippen LogP contribution in [0.3, 0.4) is 0 Å². The van der Waals surface area contributed by atoms with Crippen molar-refractivity contribution in [3.63, 3.8) is 0 Å². The maximum absolute atomic E-state index is 9.05. The van der Waals surface area contributed by atoms with Crippen LogP contribution in [0.1, 0.15) is 0 Å². The normalized spacial score (nSPS) is 8.29. The quantitative estimate of drug-likeness (QED) is 0.226. The van der Waals surface area contributed by atoms with E-state index < -0.39 is 9.15 Å². The predicted octanol–water partition coefficient (Wildman–Crippen LogP) is -0.817. The molecule has 0 spiro atoms. The monoisotopic (exact) mass is 188 g/mol. The Balaban J connectivity index is -0.0000000800. The molecule has 42 valence electrons. The van der Waals surface area contributed by atoms with Gasteiger partial charge in [0.2, 0.25) is 0 Å². The first-order valence-corrected chi connectivity index (χ1v) is 3.19. The van der Waals surface area contributed by atoms with Gasteiger partial charge < -0.3 is 0 Å². The van der Waals surface area contributed by atoms with E-state index in [0.29, 0.717) is 0 Å². The van der Waals surface area contributed by atoms with Crippen molar-refractivity contribution >= 4 is 85.7 Å². The Labute approximate surface area is 96.7 Å². The zero-order valence-corrected chi connectivity index (χ0v) is 5.33. The molecule has 0 saturated carbocycles. The summed E-state index contributed by atoms with van der Waals surface area (Å²) in [6.07, 6.45) is 0. The summed E-state index contributed by atoms with van der Waals surface area (Å²) in [7, 11) is -3.97. The average Bonchev–Trinajstić information content (AvgIpc) is 0.722. The van der Waals surface area contributed by atoms with Crippen molar-refractivity contribution in [1.29, 1.82) is 0 Å². The van der Waals surface area contributed by atoms with E-state index in [4.69, 9.17) is 13.0 Å². The van der Waals surface area contributed by atoms with Crippen LogP contribution in [0.2, 0.25) is 0 Å². The van der Waals surface area contributed by atoms with Crippen molar-refractivity contribution in [3.8, 4) is 0 Å². The van der Waals surface area contributed by atoms with Crippen molar-refractivity contribution in [2.24, 2.45) is 0 Å². The van der Waals surface area contributed by atoms with E-state index in [1.807, 2.05) is 0 Å². The SMILES string of the molecule is O=S(=O)(O)S.S.[KH]. The van der Waals surface area contributed by atoms with Crippen LogP contribution in [-0.2, 0) is 9.15 Å². The Hall–Kier alpha value is 2.25. The van der Waals surface area contributed by atoms with Gasteiger partial charge >= 0.3 is 60.5 Å². The number of thiol groups is 1. The summed E-state index contributed by atoms with van der Waals surface area (Å²) in [4.78, 5) is 0. The molecular weight excluding hydrogens is 183 g/mol. The fourth-order valence-electron chi connectivity index (χ4n) is 0. The second kappa shape index (κ2) is 6.37. The minimum atomic E-state index is -3.97. The third-order valence-electron chi connectivity index (χ3n) is 0. The first kappa shape index (κ1) is 16.1. The standard InChI is InChI=1S/K.H2O3S2.H2S.H/c;1-5(2,3)4;;/h;(H2,1,2,3,4);1H2;. The van der Waals surface area contributed by atoms with Crippen LogP contribution in [0, 0.1) is 0 Å². The Morgan fingerprint density at radius 1 is 1.43 bits per heavy atom. The summed E-state index contributed by atoms with van der Waals surface area (Å²) >= 11 is 2.65. The molecule has 7 heavy (non-hydrogen) atoms. The summed E-state index contributed by atoms with van der Waals surface area (Å²) in [5, 5.41) is 0. The molecule has 0 fully saturated rings. The molecule has 0 radical (unpaired) electrons. The van der Waals surface area contributed by atoms with Gasteiger partial charge in [-0.1, -0.05) is 0 Å². The molecule has 0 atom stereocenters. The van der Waals surface area contributed by atoms with E-state index in [1.165, 1.54) is 0 Å². The summed E-state index contributed by atoms with van der Waals surface area (Å²) in [5.74, 6) is 0. The molecule has 0 bridgehead atoms. The van der Waals surface area contributed by atoms with Gasteiger partial charge in [0, 0.05) is 0 Å². The molecule has 7 heteroatoms. The van der Waals surface area contributed by atoms with Crippen LogP contribution in [0.4, 0.5) is 0 Å². The van der Waals surface area contributed by atoms with E-state index in [0.717, 1.165) is 0 Å². The molecule has 0 aromatic heterocycles. The van der Waals surface area contributed by atoms with Crippen LogP contribution >= 0.6 is 25.2 Å². The Morgan fingerprint density at radius 2 is 1.43 bits per heavy atom. The van der Waals surface area contributed by atoms with Crippen molar-refractivity contribution in [3.05, 3.63) is 0 Å². The fourth-order valence-corrected chi connectivity index (χ4v) is 0. The Bertz CT molecular complexity index is 93.3. The molecule has 0 aromatic rings. The van der Waals surface area contributed by atoms with Crippen molar-refractivity contribution in [2.45, 2.75) is 0 Å². The van der Waals surface area contributed by atoms with Gasteiger partial charge in [-0.05, 0) is 11.7 Å². The molecule has 0 saturated heterocycles. The first-order valence-electron chi connectivity index (χ1n) is 0.698. The topological polar surface area (TPSA) is 54.4 Å². The minimum absolute atomic E-state index is 0. The summed E-state index contributed by atoms with van der Waals surface area (Å²) in [6, 6.07) is 0. The number of hydrogen-bond acceptors (Lipinski definition) is 2. The maximum atomic E-state index is 9.05. The predicted molar refractivity (Wildman–Crippen MR) is 38.1 cm³/mol. The third-order valence-corrected chi connectivity index (χ3v) is 0. The molecule has 0 aliphatic heterocycles. The van der Waals surface area contributed by atoms with Gasteiger partial charge in [-0.25, -0.2) is 0 Å². The van der Waals surface area contributed by atoms with Gasteiger partial charge in [0.15, 0.2) is 0 Å².